The van der Waals surface area contributed by atoms with Crippen LogP contribution < -0.4 is 19.8 Å². The highest BCUT2D eigenvalue weighted by atomic mass is 16.6. The van der Waals surface area contributed by atoms with E-state index in [1.165, 1.54) is 11.8 Å². The van der Waals surface area contributed by atoms with Crippen molar-refractivity contribution < 1.29 is 23.7 Å². The second-order valence-electron chi connectivity index (χ2n) is 10.8. The molecule has 236 valence electrons. The molecule has 0 unspecified atom stereocenters. The Morgan fingerprint density at radius 2 is 1.82 bits per heavy atom. The van der Waals surface area contributed by atoms with Crippen LogP contribution in [0.4, 0.5) is 0 Å². The van der Waals surface area contributed by atoms with Crippen molar-refractivity contribution in [1.82, 2.24) is 9.66 Å². The number of nitrogens with zero attached hydrogens (tertiary/aromatic N) is 3. The van der Waals surface area contributed by atoms with Crippen molar-refractivity contribution in [2.24, 2.45) is 5.10 Å². The average Bonchev–Trinajstić information content (AvgIpc) is 3.01. The number of allylic oxidation sites excluding steroid dienone is 1. The standard InChI is InChI=1S/C36H41N3O6/c1-9-14-26-18-25(19-32(42-8)33(26)45-24(7)36(41)44-11-3)21-37-39-34(38-30-16-13-12-15-27(30)35(39)40)29-20-28(22(4)5)31(43-10-2)17-23(29)6/h9,12-13,15-22,24H,1,10-11,14H2,2-8H3/t24-/m1/s1. The molecule has 0 aliphatic carbocycles. The summed E-state index contributed by atoms with van der Waals surface area (Å²) in [5.74, 6) is 1.74. The third-order valence-corrected chi connectivity index (χ3v) is 7.25. The van der Waals surface area contributed by atoms with Gasteiger partial charge in [0.05, 0.1) is 37.4 Å². The largest absolute Gasteiger partial charge is 0.494 e. The van der Waals surface area contributed by atoms with E-state index in [2.05, 4.69) is 25.5 Å². The molecule has 4 aromatic rings. The quantitative estimate of drug-likeness (QED) is 0.0926. The van der Waals surface area contributed by atoms with Crippen molar-refractivity contribution in [3.8, 4) is 28.6 Å². The maximum absolute atomic E-state index is 13.9. The van der Waals surface area contributed by atoms with Crippen LogP contribution in [-0.4, -0.2) is 48.3 Å². The Balaban J connectivity index is 1.89. The molecule has 0 saturated carbocycles. The van der Waals surface area contributed by atoms with Gasteiger partial charge in [0.25, 0.3) is 5.56 Å². The maximum atomic E-state index is 13.9. The van der Waals surface area contributed by atoms with Gasteiger partial charge in [0.15, 0.2) is 23.4 Å². The van der Waals surface area contributed by atoms with Crippen LogP contribution in [-0.2, 0) is 16.0 Å². The molecule has 3 aromatic carbocycles. The lowest BCUT2D eigenvalue weighted by Crippen LogP contribution is -2.26. The average molecular weight is 612 g/mol. The van der Waals surface area contributed by atoms with Crippen molar-refractivity contribution >= 4 is 23.1 Å². The van der Waals surface area contributed by atoms with Gasteiger partial charge < -0.3 is 18.9 Å². The molecule has 9 nitrogen and oxygen atoms in total. The van der Waals surface area contributed by atoms with Gasteiger partial charge in [0.1, 0.15) is 5.75 Å². The van der Waals surface area contributed by atoms with E-state index in [-0.39, 0.29) is 18.1 Å². The molecule has 45 heavy (non-hydrogen) atoms. The van der Waals surface area contributed by atoms with Crippen LogP contribution in [0, 0.1) is 6.92 Å². The number of ether oxygens (including phenoxy) is 4. The van der Waals surface area contributed by atoms with Gasteiger partial charge in [-0.25, -0.2) is 9.78 Å². The fourth-order valence-corrected chi connectivity index (χ4v) is 5.04. The topological polar surface area (TPSA) is 101 Å². The first kappa shape index (κ1) is 33.0. The van der Waals surface area contributed by atoms with Crippen LogP contribution in [0.1, 0.15) is 62.8 Å². The van der Waals surface area contributed by atoms with E-state index in [9.17, 15) is 9.59 Å². The van der Waals surface area contributed by atoms with Crippen LogP contribution in [0.25, 0.3) is 22.3 Å². The number of benzene rings is 3. The van der Waals surface area contributed by atoms with Gasteiger partial charge in [0.2, 0.25) is 0 Å². The monoisotopic (exact) mass is 611 g/mol. The molecule has 0 aliphatic heterocycles. The van der Waals surface area contributed by atoms with Crippen LogP contribution in [0.2, 0.25) is 0 Å². The highest BCUT2D eigenvalue weighted by Crippen LogP contribution is 2.36. The molecule has 4 rings (SSSR count). The Bertz CT molecular complexity index is 1790. The molecule has 1 atom stereocenters. The number of aromatic nitrogens is 2. The Kier molecular flexibility index (Phi) is 10.8. The number of aryl methyl sites for hydroxylation is 1. The first-order valence-corrected chi connectivity index (χ1v) is 15.1. The highest BCUT2D eigenvalue weighted by Gasteiger charge is 2.22. The van der Waals surface area contributed by atoms with Gasteiger partial charge in [-0.15, -0.1) is 6.58 Å². The first-order valence-electron chi connectivity index (χ1n) is 15.1. The van der Waals surface area contributed by atoms with E-state index in [1.807, 2.05) is 44.2 Å². The minimum absolute atomic E-state index is 0.179. The predicted octanol–water partition coefficient (Wildman–Crippen LogP) is 6.84. The summed E-state index contributed by atoms with van der Waals surface area (Å²) in [6.07, 6.45) is 2.91. The fraction of sp³-hybridized carbons (Fsp3) is 0.333. The summed E-state index contributed by atoms with van der Waals surface area (Å²) < 4.78 is 24.0. The minimum Gasteiger partial charge on any atom is -0.494 e. The molecule has 0 fully saturated rings. The van der Waals surface area contributed by atoms with Crippen LogP contribution in [0.15, 0.2) is 71.1 Å². The lowest BCUT2D eigenvalue weighted by molar-refractivity contribution is -0.150. The molecule has 0 bridgehead atoms. The SMILES string of the molecule is C=CCc1cc(C=Nn2c(-c3cc(C(C)C)c(OCC)cc3C)nc3ccccc3c2=O)cc(OC)c1O[C@H](C)C(=O)OCC. The van der Waals surface area contributed by atoms with Crippen molar-refractivity contribution in [2.75, 3.05) is 20.3 Å². The zero-order chi connectivity index (χ0) is 32.7. The number of carbonyl (C=O) groups excluding carboxylic acids is 1. The van der Waals surface area contributed by atoms with E-state index < -0.39 is 12.1 Å². The lowest BCUT2D eigenvalue weighted by atomic mass is 9.96. The van der Waals surface area contributed by atoms with E-state index in [4.69, 9.17) is 23.9 Å². The normalized spacial score (nSPS) is 12.0. The molecule has 0 N–H and O–H groups in total. The maximum Gasteiger partial charge on any atom is 0.347 e. The van der Waals surface area contributed by atoms with Gasteiger partial charge in [-0.05, 0) is 93.1 Å². The molecule has 0 amide bonds. The molecule has 1 aromatic heterocycles. The van der Waals surface area contributed by atoms with Gasteiger partial charge in [0, 0.05) is 11.1 Å². The second-order valence-corrected chi connectivity index (χ2v) is 10.8. The third-order valence-electron chi connectivity index (χ3n) is 7.25. The summed E-state index contributed by atoms with van der Waals surface area (Å²) >= 11 is 0. The van der Waals surface area contributed by atoms with E-state index in [1.54, 1.807) is 44.3 Å². The van der Waals surface area contributed by atoms with E-state index in [0.717, 1.165) is 28.0 Å². The molecular weight excluding hydrogens is 570 g/mol. The summed E-state index contributed by atoms with van der Waals surface area (Å²) in [4.78, 5) is 31.1. The number of para-hydroxylation sites is 1. The molecule has 0 aliphatic rings. The summed E-state index contributed by atoms with van der Waals surface area (Å²) in [6, 6.07) is 14.9. The molecular formula is C36H41N3O6. The first-order chi connectivity index (χ1) is 21.6. The highest BCUT2D eigenvalue weighted by molar-refractivity contribution is 5.84. The summed E-state index contributed by atoms with van der Waals surface area (Å²) in [7, 11) is 1.52. The van der Waals surface area contributed by atoms with E-state index in [0.29, 0.717) is 46.8 Å². The van der Waals surface area contributed by atoms with Crippen molar-refractivity contribution in [3.63, 3.8) is 0 Å². The van der Waals surface area contributed by atoms with Crippen molar-refractivity contribution in [1.29, 1.82) is 0 Å². The van der Waals surface area contributed by atoms with E-state index >= 15 is 0 Å². The van der Waals surface area contributed by atoms with Crippen LogP contribution in [0.5, 0.6) is 17.2 Å². The van der Waals surface area contributed by atoms with Gasteiger partial charge in [-0.2, -0.15) is 9.78 Å². The van der Waals surface area contributed by atoms with Crippen molar-refractivity contribution in [3.05, 3.63) is 93.8 Å². The smallest absolute Gasteiger partial charge is 0.347 e. The number of hydrogen-bond acceptors (Lipinski definition) is 8. The zero-order valence-corrected chi connectivity index (χ0v) is 27.0. The number of fused-ring (bicyclic) bond motifs is 1. The molecule has 9 heteroatoms. The Hall–Kier alpha value is -4.92. The Labute approximate surface area is 264 Å². The zero-order valence-electron chi connectivity index (χ0n) is 27.0. The summed E-state index contributed by atoms with van der Waals surface area (Å²) in [5.41, 5.74) is 4.36. The van der Waals surface area contributed by atoms with Gasteiger partial charge in [-0.3, -0.25) is 4.79 Å². The summed E-state index contributed by atoms with van der Waals surface area (Å²) in [5, 5.41) is 5.14. The predicted molar refractivity (Wildman–Crippen MR) is 178 cm³/mol. The number of esters is 1. The molecule has 0 saturated heterocycles. The number of hydrogen-bond donors (Lipinski definition) is 0. The van der Waals surface area contributed by atoms with Crippen molar-refractivity contribution in [2.45, 2.75) is 60.0 Å². The molecule has 0 spiro atoms. The number of rotatable bonds is 13. The van der Waals surface area contributed by atoms with Crippen LogP contribution >= 0.6 is 0 Å². The van der Waals surface area contributed by atoms with Crippen LogP contribution in [0.3, 0.4) is 0 Å². The molecule has 1 heterocycles. The number of methoxy groups -OCH3 is 1. The number of carbonyl (C=O) groups is 1. The Morgan fingerprint density at radius 1 is 1.07 bits per heavy atom. The third kappa shape index (κ3) is 7.25. The lowest BCUT2D eigenvalue weighted by Gasteiger charge is -2.19. The van der Waals surface area contributed by atoms with Gasteiger partial charge >= 0.3 is 5.97 Å². The summed E-state index contributed by atoms with van der Waals surface area (Å²) in [6.45, 7) is 16.2. The molecule has 0 radical (unpaired) electrons. The second kappa shape index (κ2) is 14.7. The van der Waals surface area contributed by atoms with Gasteiger partial charge in [-0.1, -0.05) is 32.1 Å². The Morgan fingerprint density at radius 3 is 2.49 bits per heavy atom. The fourth-order valence-electron chi connectivity index (χ4n) is 5.04. The minimum atomic E-state index is -0.847.